The average Bonchev–Trinajstić information content (AvgIpc) is 3.29. The van der Waals surface area contributed by atoms with Crippen LogP contribution < -0.4 is 9.47 Å². The van der Waals surface area contributed by atoms with Crippen molar-refractivity contribution in [3.05, 3.63) is 71.5 Å². The highest BCUT2D eigenvalue weighted by Gasteiger charge is 2.23. The van der Waals surface area contributed by atoms with Crippen molar-refractivity contribution >= 4 is 11.6 Å². The molecule has 6 nitrogen and oxygen atoms in total. The van der Waals surface area contributed by atoms with Crippen LogP contribution in [0.2, 0.25) is 0 Å². The highest BCUT2D eigenvalue weighted by atomic mass is 35.5. The lowest BCUT2D eigenvalue weighted by Gasteiger charge is -2.26. The van der Waals surface area contributed by atoms with Crippen LogP contribution in [0.25, 0.3) is 0 Å². The first kappa shape index (κ1) is 25.0. The van der Waals surface area contributed by atoms with Gasteiger partial charge in [-0.3, -0.25) is 0 Å². The number of ether oxygens (including phenoxy) is 2. The van der Waals surface area contributed by atoms with E-state index in [0.29, 0.717) is 24.2 Å². The fourth-order valence-electron chi connectivity index (χ4n) is 3.34. The summed E-state index contributed by atoms with van der Waals surface area (Å²) in [5.74, 6) is 2.38. The van der Waals surface area contributed by atoms with Crippen LogP contribution in [0.5, 0.6) is 11.5 Å². The van der Waals surface area contributed by atoms with Crippen LogP contribution in [-0.2, 0) is 18.6 Å². The molecule has 0 fully saturated rings. The van der Waals surface area contributed by atoms with Gasteiger partial charge in [0, 0.05) is 17.2 Å². The van der Waals surface area contributed by atoms with Crippen molar-refractivity contribution in [2.24, 2.45) is 5.92 Å². The summed E-state index contributed by atoms with van der Waals surface area (Å²) in [7, 11) is 0. The van der Waals surface area contributed by atoms with Gasteiger partial charge >= 0.3 is 0 Å². The highest BCUT2D eigenvalue weighted by molar-refractivity contribution is 6.18. The monoisotopic (exact) mass is 474 g/mol. The number of alkyl halides is 2. The molecule has 0 aliphatic carbocycles. The predicted molar refractivity (Wildman–Crippen MR) is 127 cm³/mol. The van der Waals surface area contributed by atoms with Crippen LogP contribution in [0, 0.1) is 5.92 Å². The van der Waals surface area contributed by atoms with Crippen molar-refractivity contribution in [2.45, 2.75) is 45.5 Å². The zero-order valence-electron chi connectivity index (χ0n) is 19.2. The number of benzene rings is 2. The summed E-state index contributed by atoms with van der Waals surface area (Å²) in [4.78, 5) is 0. The number of hydrogen-bond donors (Lipinski definition) is 1. The molecule has 33 heavy (non-hydrogen) atoms. The Hall–Kier alpha value is -2.64. The van der Waals surface area contributed by atoms with Gasteiger partial charge in [0.25, 0.3) is 0 Å². The van der Waals surface area contributed by atoms with Crippen molar-refractivity contribution in [1.29, 1.82) is 0 Å². The summed E-state index contributed by atoms with van der Waals surface area (Å²) >= 11 is 5.84. The number of rotatable bonds is 12. The summed E-state index contributed by atoms with van der Waals surface area (Å²) in [6.45, 7) is 6.59. The second-order valence-corrected chi connectivity index (χ2v) is 9.08. The van der Waals surface area contributed by atoms with Gasteiger partial charge in [-0.15, -0.1) is 16.7 Å². The molecule has 1 heterocycles. The summed E-state index contributed by atoms with van der Waals surface area (Å²) in [5.41, 5.74) is 2.34. The first-order valence-electron chi connectivity index (χ1n) is 11.0. The van der Waals surface area contributed by atoms with Gasteiger partial charge in [-0.05, 0) is 35.4 Å². The minimum Gasteiger partial charge on any atom is -0.493 e. The molecule has 3 rings (SSSR count). The molecule has 0 radical (unpaired) electrons. The van der Waals surface area contributed by atoms with E-state index < -0.39 is 12.8 Å². The molecule has 0 spiro atoms. The van der Waals surface area contributed by atoms with E-state index in [-0.39, 0.29) is 24.3 Å². The molecule has 0 aliphatic rings. The number of aromatic nitrogens is 3. The van der Waals surface area contributed by atoms with E-state index in [0.717, 1.165) is 11.3 Å². The number of aliphatic hydroxyl groups is 1. The smallest absolute Gasteiger partial charge is 0.135 e. The van der Waals surface area contributed by atoms with E-state index in [1.54, 1.807) is 0 Å². The molecule has 1 N–H and O–H groups in total. The molecular weight excluding hydrogens is 444 g/mol. The Morgan fingerprint density at radius 1 is 1.00 bits per heavy atom. The molecule has 3 aromatic rings. The van der Waals surface area contributed by atoms with Crippen molar-refractivity contribution < 1.29 is 19.0 Å². The Bertz CT molecular complexity index is 993. The fraction of sp³-hybridized carbons (Fsp3) is 0.440. The summed E-state index contributed by atoms with van der Waals surface area (Å²) in [6, 6.07) is 16.0. The molecule has 2 atom stereocenters. The topological polar surface area (TPSA) is 69.4 Å². The lowest BCUT2D eigenvalue weighted by atomic mass is 9.78. The minimum atomic E-state index is -0.788. The molecule has 1 aromatic heterocycles. The summed E-state index contributed by atoms with van der Waals surface area (Å²) in [6.07, 6.45) is 0.683. The number of hydrogen-bond acceptors (Lipinski definition) is 5. The third-order valence-electron chi connectivity index (χ3n) is 5.51. The van der Waals surface area contributed by atoms with Crippen molar-refractivity contribution in [3.63, 3.8) is 0 Å². The molecular formula is C25H31ClFN3O3. The van der Waals surface area contributed by atoms with Crippen molar-refractivity contribution in [1.82, 2.24) is 15.0 Å². The molecule has 0 unspecified atom stereocenters. The van der Waals surface area contributed by atoms with E-state index in [4.69, 9.17) is 21.1 Å². The van der Waals surface area contributed by atoms with E-state index in [1.807, 2.05) is 36.4 Å². The van der Waals surface area contributed by atoms with Gasteiger partial charge in [-0.2, -0.15) is 0 Å². The average molecular weight is 475 g/mol. The zero-order chi connectivity index (χ0) is 23.8. The Morgan fingerprint density at radius 3 is 2.03 bits per heavy atom. The lowest BCUT2D eigenvalue weighted by molar-refractivity contribution is 0.0888. The largest absolute Gasteiger partial charge is 0.493 e. The predicted octanol–water partition coefficient (Wildman–Crippen LogP) is 4.77. The van der Waals surface area contributed by atoms with Gasteiger partial charge < -0.3 is 14.6 Å². The first-order chi connectivity index (χ1) is 15.8. The molecule has 0 aliphatic heterocycles. The SMILES string of the molecule is C[C@@H](CCl)COc1ccc(C(C)(C)c2ccc(OC[C@H](O)Cn3cc(C[18F])nn3)cc2)cc1. The maximum absolute atomic E-state index is 12.5. The highest BCUT2D eigenvalue weighted by Crippen LogP contribution is 2.33. The van der Waals surface area contributed by atoms with Crippen LogP contribution in [0.1, 0.15) is 37.6 Å². The van der Waals surface area contributed by atoms with E-state index in [2.05, 4.69) is 43.2 Å². The number of aliphatic hydroxyl groups excluding tert-OH is 1. The van der Waals surface area contributed by atoms with E-state index >= 15 is 0 Å². The number of nitrogens with zero attached hydrogens (tertiary/aromatic N) is 3. The molecule has 0 bridgehead atoms. The Balaban J connectivity index is 1.55. The maximum Gasteiger partial charge on any atom is 0.135 e. The minimum absolute atomic E-state index is 0.0946. The molecule has 0 saturated carbocycles. The third-order valence-corrected chi connectivity index (χ3v) is 6.04. The number of halogens is 2. The van der Waals surface area contributed by atoms with E-state index in [9.17, 15) is 9.50 Å². The summed E-state index contributed by atoms with van der Waals surface area (Å²) < 4.78 is 25.4. The van der Waals surface area contributed by atoms with Crippen LogP contribution in [-0.4, -0.2) is 45.3 Å². The van der Waals surface area contributed by atoms with Gasteiger partial charge in [0.15, 0.2) is 0 Å². The van der Waals surface area contributed by atoms with Crippen LogP contribution in [0.15, 0.2) is 54.7 Å². The first-order valence-corrected chi connectivity index (χ1v) is 11.5. The van der Waals surface area contributed by atoms with E-state index in [1.165, 1.54) is 16.4 Å². The second kappa shape index (κ2) is 11.5. The summed E-state index contributed by atoms with van der Waals surface area (Å²) in [5, 5.41) is 17.6. The van der Waals surface area contributed by atoms with Crippen LogP contribution in [0.3, 0.4) is 0 Å². The normalized spacial score (nSPS) is 13.5. The van der Waals surface area contributed by atoms with Crippen LogP contribution in [0.4, 0.5) is 4.39 Å². The van der Waals surface area contributed by atoms with Gasteiger partial charge in [0.2, 0.25) is 0 Å². The van der Waals surface area contributed by atoms with Crippen molar-refractivity contribution in [2.75, 3.05) is 19.1 Å². The van der Waals surface area contributed by atoms with Crippen molar-refractivity contribution in [3.8, 4) is 11.5 Å². The molecule has 8 heteroatoms. The Morgan fingerprint density at radius 2 is 1.55 bits per heavy atom. The molecule has 178 valence electrons. The zero-order valence-corrected chi connectivity index (χ0v) is 20.0. The Kier molecular flexibility index (Phi) is 8.69. The standard InChI is InChI=1S/C25H31ClFN3O3/c1-18(12-26)16-32-23-8-4-19(5-9-23)25(2,3)20-6-10-24(11-7-20)33-17-22(31)15-30-14-21(13-27)28-29-30/h4-11,14,18,22,31H,12-13,15-17H2,1-3H3/t18-,22+/m0/s1/i27-1. The molecule has 0 saturated heterocycles. The molecule has 2 aromatic carbocycles. The van der Waals surface area contributed by atoms with Gasteiger partial charge in [-0.25, -0.2) is 9.07 Å². The maximum atomic E-state index is 12.5. The fourth-order valence-corrected chi connectivity index (χ4v) is 3.42. The van der Waals surface area contributed by atoms with Crippen LogP contribution >= 0.6 is 11.6 Å². The second-order valence-electron chi connectivity index (χ2n) is 8.77. The van der Waals surface area contributed by atoms with Gasteiger partial charge in [-0.1, -0.05) is 50.3 Å². The molecule has 0 amide bonds. The van der Waals surface area contributed by atoms with Gasteiger partial charge in [0.1, 0.15) is 36.6 Å². The van der Waals surface area contributed by atoms with Gasteiger partial charge in [0.05, 0.1) is 19.3 Å². The lowest BCUT2D eigenvalue weighted by Crippen LogP contribution is -2.24. The Labute approximate surface area is 199 Å². The quantitative estimate of drug-likeness (QED) is 0.383. The third kappa shape index (κ3) is 6.92.